The minimum atomic E-state index is -0.861. The molecule has 98 valence electrons. The lowest BCUT2D eigenvalue weighted by molar-refractivity contribution is -0.142. The number of nitrogens with two attached hydrogens (primary N) is 1. The normalized spacial score (nSPS) is 13.7. The van der Waals surface area contributed by atoms with Gasteiger partial charge in [0.2, 0.25) is 0 Å². The first-order valence-electron chi connectivity index (χ1n) is 6.25. The second kappa shape index (κ2) is 6.16. The Bertz CT molecular complexity index is 525. The Balaban J connectivity index is 2.19. The topological polar surface area (TPSA) is 63.3 Å². The molecule has 0 aliphatic carbocycles. The van der Waals surface area contributed by atoms with E-state index in [0.717, 1.165) is 11.1 Å². The van der Waals surface area contributed by atoms with E-state index in [4.69, 9.17) is 5.73 Å². The molecule has 0 radical (unpaired) electrons. The minimum absolute atomic E-state index is 0.437. The van der Waals surface area contributed by atoms with Gasteiger partial charge in [0.1, 0.15) is 0 Å². The molecule has 3 N–H and O–H groups in total. The Hall–Kier alpha value is -2.13. The summed E-state index contributed by atoms with van der Waals surface area (Å²) in [6, 6.07) is 18.4. The van der Waals surface area contributed by atoms with Gasteiger partial charge in [0.25, 0.3) is 0 Å². The van der Waals surface area contributed by atoms with Crippen LogP contribution < -0.4 is 5.73 Å². The largest absolute Gasteiger partial charge is 0.481 e. The standard InChI is InChI=1S/C16H17NO2/c17-15(13-9-5-2-6-10-13)14(16(18)19)11-12-7-3-1-4-8-12/h1-10,14-15H,11,17H2,(H,18,19)/t14-,15+/m1/s1. The van der Waals surface area contributed by atoms with Crippen molar-refractivity contribution in [2.45, 2.75) is 12.5 Å². The van der Waals surface area contributed by atoms with E-state index in [1.165, 1.54) is 0 Å². The fourth-order valence-electron chi connectivity index (χ4n) is 2.14. The zero-order valence-electron chi connectivity index (χ0n) is 10.6. The van der Waals surface area contributed by atoms with Crippen molar-refractivity contribution in [3.63, 3.8) is 0 Å². The number of benzene rings is 2. The zero-order chi connectivity index (χ0) is 13.7. The SMILES string of the molecule is N[C@@H](c1ccccc1)[C@@H](Cc1ccccc1)C(=O)O. The lowest BCUT2D eigenvalue weighted by atomic mass is 9.88. The van der Waals surface area contributed by atoms with Crippen molar-refractivity contribution < 1.29 is 9.90 Å². The van der Waals surface area contributed by atoms with E-state index in [-0.39, 0.29) is 0 Å². The second-order valence-electron chi connectivity index (χ2n) is 4.57. The number of hydrogen-bond donors (Lipinski definition) is 2. The Labute approximate surface area is 112 Å². The van der Waals surface area contributed by atoms with Crippen LogP contribution in [0.3, 0.4) is 0 Å². The molecule has 0 bridgehead atoms. The first-order chi connectivity index (χ1) is 9.18. The summed E-state index contributed by atoms with van der Waals surface area (Å²) in [5.74, 6) is -1.48. The van der Waals surface area contributed by atoms with Gasteiger partial charge in [0.15, 0.2) is 0 Å². The van der Waals surface area contributed by atoms with Gasteiger partial charge in [-0.1, -0.05) is 60.7 Å². The van der Waals surface area contributed by atoms with Crippen LogP contribution in [0, 0.1) is 5.92 Å². The van der Waals surface area contributed by atoms with Crippen molar-refractivity contribution in [2.75, 3.05) is 0 Å². The molecular weight excluding hydrogens is 238 g/mol. The number of carboxylic acids is 1. The van der Waals surface area contributed by atoms with Gasteiger partial charge in [-0.2, -0.15) is 0 Å². The molecule has 0 saturated heterocycles. The molecular formula is C16H17NO2. The van der Waals surface area contributed by atoms with E-state index in [1.54, 1.807) is 0 Å². The Morgan fingerprint density at radius 1 is 1.00 bits per heavy atom. The highest BCUT2D eigenvalue weighted by molar-refractivity contribution is 5.71. The lowest BCUT2D eigenvalue weighted by Crippen LogP contribution is -2.30. The Morgan fingerprint density at radius 2 is 1.53 bits per heavy atom. The van der Waals surface area contributed by atoms with Gasteiger partial charge in [-0.25, -0.2) is 0 Å². The molecule has 0 saturated carbocycles. The molecule has 0 unspecified atom stereocenters. The van der Waals surface area contributed by atoms with Crippen molar-refractivity contribution in [3.05, 3.63) is 71.8 Å². The number of aliphatic carboxylic acids is 1. The molecule has 0 amide bonds. The third kappa shape index (κ3) is 3.42. The molecule has 2 aromatic rings. The van der Waals surface area contributed by atoms with E-state index in [0.29, 0.717) is 6.42 Å². The van der Waals surface area contributed by atoms with Crippen molar-refractivity contribution in [2.24, 2.45) is 11.7 Å². The molecule has 3 heteroatoms. The highest BCUT2D eigenvalue weighted by Crippen LogP contribution is 2.23. The van der Waals surface area contributed by atoms with Crippen molar-refractivity contribution in [1.82, 2.24) is 0 Å². The maximum Gasteiger partial charge on any atom is 0.308 e. The lowest BCUT2D eigenvalue weighted by Gasteiger charge is -2.20. The molecule has 2 atom stereocenters. The molecule has 0 aliphatic rings. The summed E-state index contributed by atoms with van der Waals surface area (Å²) < 4.78 is 0. The molecule has 2 rings (SSSR count). The Morgan fingerprint density at radius 3 is 2.05 bits per heavy atom. The molecule has 2 aromatic carbocycles. The molecule has 0 heterocycles. The van der Waals surface area contributed by atoms with Gasteiger partial charge in [0.05, 0.1) is 5.92 Å². The summed E-state index contributed by atoms with van der Waals surface area (Å²) in [4.78, 5) is 11.4. The van der Waals surface area contributed by atoms with Crippen molar-refractivity contribution >= 4 is 5.97 Å². The van der Waals surface area contributed by atoms with Crippen LogP contribution in [0.1, 0.15) is 17.2 Å². The fourth-order valence-corrected chi connectivity index (χ4v) is 2.14. The maximum atomic E-state index is 11.4. The van der Waals surface area contributed by atoms with E-state index in [9.17, 15) is 9.90 Å². The number of rotatable bonds is 5. The quantitative estimate of drug-likeness (QED) is 0.863. The number of carboxylic acid groups (broad SMARTS) is 1. The summed E-state index contributed by atoms with van der Waals surface area (Å²) in [6.45, 7) is 0. The highest BCUT2D eigenvalue weighted by Gasteiger charge is 2.26. The first-order valence-corrected chi connectivity index (χ1v) is 6.25. The molecule has 0 spiro atoms. The minimum Gasteiger partial charge on any atom is -0.481 e. The fraction of sp³-hybridized carbons (Fsp3) is 0.188. The third-order valence-corrected chi connectivity index (χ3v) is 3.23. The maximum absolute atomic E-state index is 11.4. The van der Waals surface area contributed by atoms with Crippen LogP contribution in [-0.2, 0) is 11.2 Å². The monoisotopic (exact) mass is 255 g/mol. The van der Waals surface area contributed by atoms with E-state index in [1.807, 2.05) is 60.7 Å². The molecule has 0 fully saturated rings. The second-order valence-corrected chi connectivity index (χ2v) is 4.57. The zero-order valence-corrected chi connectivity index (χ0v) is 10.6. The number of hydrogen-bond acceptors (Lipinski definition) is 2. The van der Waals surface area contributed by atoms with Gasteiger partial charge in [-0.05, 0) is 17.5 Å². The van der Waals surface area contributed by atoms with E-state index < -0.39 is 17.9 Å². The Kier molecular flexibility index (Phi) is 4.31. The van der Waals surface area contributed by atoms with Crippen LogP contribution in [0.25, 0.3) is 0 Å². The van der Waals surface area contributed by atoms with Gasteiger partial charge >= 0.3 is 5.97 Å². The summed E-state index contributed by atoms with van der Waals surface area (Å²) in [5, 5.41) is 9.39. The van der Waals surface area contributed by atoms with Crippen LogP contribution in [-0.4, -0.2) is 11.1 Å². The predicted molar refractivity (Wildman–Crippen MR) is 74.6 cm³/mol. The first kappa shape index (κ1) is 13.3. The van der Waals surface area contributed by atoms with Crippen LogP contribution >= 0.6 is 0 Å². The van der Waals surface area contributed by atoms with Crippen LogP contribution in [0.2, 0.25) is 0 Å². The average Bonchev–Trinajstić information content (AvgIpc) is 2.46. The van der Waals surface area contributed by atoms with Gasteiger partial charge < -0.3 is 10.8 Å². The van der Waals surface area contributed by atoms with Crippen molar-refractivity contribution in [3.8, 4) is 0 Å². The third-order valence-electron chi connectivity index (χ3n) is 3.23. The summed E-state index contributed by atoms with van der Waals surface area (Å²) in [7, 11) is 0. The van der Waals surface area contributed by atoms with Crippen molar-refractivity contribution in [1.29, 1.82) is 0 Å². The summed E-state index contributed by atoms with van der Waals surface area (Å²) in [6.07, 6.45) is 0.437. The average molecular weight is 255 g/mol. The van der Waals surface area contributed by atoms with E-state index in [2.05, 4.69) is 0 Å². The van der Waals surface area contributed by atoms with Gasteiger partial charge in [-0.15, -0.1) is 0 Å². The highest BCUT2D eigenvalue weighted by atomic mass is 16.4. The van der Waals surface area contributed by atoms with Crippen LogP contribution in [0.4, 0.5) is 0 Å². The molecule has 0 aromatic heterocycles. The summed E-state index contributed by atoms with van der Waals surface area (Å²) in [5.41, 5.74) is 7.95. The summed E-state index contributed by atoms with van der Waals surface area (Å²) >= 11 is 0. The molecule has 19 heavy (non-hydrogen) atoms. The van der Waals surface area contributed by atoms with Crippen LogP contribution in [0.5, 0.6) is 0 Å². The van der Waals surface area contributed by atoms with Gasteiger partial charge in [0, 0.05) is 6.04 Å². The van der Waals surface area contributed by atoms with Crippen LogP contribution in [0.15, 0.2) is 60.7 Å². The molecule has 3 nitrogen and oxygen atoms in total. The predicted octanol–water partition coefficient (Wildman–Crippen LogP) is 2.63. The van der Waals surface area contributed by atoms with E-state index >= 15 is 0 Å². The molecule has 0 aliphatic heterocycles. The number of carbonyl (C=O) groups is 1. The van der Waals surface area contributed by atoms with Gasteiger partial charge in [-0.3, -0.25) is 4.79 Å². The smallest absolute Gasteiger partial charge is 0.308 e.